The normalized spacial score (nSPS) is 11.3. The molecular weight excluding hydrogens is 584 g/mol. The van der Waals surface area contributed by atoms with Gasteiger partial charge in [0.15, 0.2) is 5.13 Å². The van der Waals surface area contributed by atoms with Gasteiger partial charge in [0.1, 0.15) is 16.5 Å². The molecule has 0 fully saturated rings. The number of anilines is 1. The molecule has 43 heavy (non-hydrogen) atoms. The molecule has 2 heterocycles. The van der Waals surface area contributed by atoms with E-state index in [0.717, 1.165) is 11.3 Å². The number of esters is 1. The molecule has 232 valence electrons. The molecule has 3 amide bonds. The molecule has 0 radical (unpaired) electrons. The predicted molar refractivity (Wildman–Crippen MR) is 155 cm³/mol. The molecule has 0 aliphatic heterocycles. The van der Waals surface area contributed by atoms with E-state index in [4.69, 9.17) is 23.9 Å². The quantitative estimate of drug-likeness (QED) is 0.190. The minimum atomic E-state index is -1.23. The number of nitrogens with zero attached hydrogens (tertiary/aromatic N) is 3. The summed E-state index contributed by atoms with van der Waals surface area (Å²) in [7, 11) is 0. The summed E-state index contributed by atoms with van der Waals surface area (Å²) in [4.78, 5) is 67.8. The third-order valence-corrected chi connectivity index (χ3v) is 6.09. The lowest BCUT2D eigenvalue weighted by Gasteiger charge is -2.23. The first-order valence-corrected chi connectivity index (χ1v) is 13.8. The van der Waals surface area contributed by atoms with Crippen LogP contribution < -0.4 is 16.0 Å². The van der Waals surface area contributed by atoms with Gasteiger partial charge in [0.05, 0.1) is 12.3 Å². The Bertz CT molecular complexity index is 1430. The topological polar surface area (TPSA) is 212 Å². The summed E-state index contributed by atoms with van der Waals surface area (Å²) in [5.74, 6) is -1.01. The second-order valence-electron chi connectivity index (χ2n) is 9.79. The van der Waals surface area contributed by atoms with Crippen LogP contribution in [-0.4, -0.2) is 75.4 Å². The second-order valence-corrected chi connectivity index (χ2v) is 10.8. The zero-order valence-corrected chi connectivity index (χ0v) is 25.4. The third kappa shape index (κ3) is 11.1. The minimum absolute atomic E-state index is 0.136. The molecule has 2 aromatic heterocycles. The molecule has 0 unspecified atom stereocenters. The number of carboxylic acid groups (broad SMARTS) is 1. The summed E-state index contributed by atoms with van der Waals surface area (Å²) in [5, 5.41) is 18.6. The molecule has 0 saturated carbocycles. The fourth-order valence-electron chi connectivity index (χ4n) is 3.26. The van der Waals surface area contributed by atoms with Crippen LogP contribution in [0.15, 0.2) is 28.8 Å². The third-order valence-electron chi connectivity index (χ3n) is 5.03. The van der Waals surface area contributed by atoms with E-state index in [0.29, 0.717) is 29.4 Å². The van der Waals surface area contributed by atoms with Crippen molar-refractivity contribution in [2.24, 2.45) is 0 Å². The van der Waals surface area contributed by atoms with E-state index in [1.54, 1.807) is 58.9 Å². The molecule has 15 nitrogen and oxygen atoms in total. The average Bonchev–Trinajstić information content (AvgIpc) is 3.53. The number of amides is 3. The summed E-state index contributed by atoms with van der Waals surface area (Å²) >= 11 is 0.947. The number of hydrogen-bond acceptors (Lipinski definition) is 12. The van der Waals surface area contributed by atoms with Crippen LogP contribution in [0.3, 0.4) is 0 Å². The Hall–Kier alpha value is -4.86. The Morgan fingerprint density at radius 1 is 1.16 bits per heavy atom. The van der Waals surface area contributed by atoms with Crippen molar-refractivity contribution in [3.63, 3.8) is 0 Å². The lowest BCUT2D eigenvalue weighted by atomic mass is 10.1. The van der Waals surface area contributed by atoms with Gasteiger partial charge in [0.25, 0.3) is 18.3 Å². The van der Waals surface area contributed by atoms with Crippen LogP contribution in [0.5, 0.6) is 0 Å². The molecule has 1 aromatic carbocycles. The summed E-state index contributed by atoms with van der Waals surface area (Å²) in [6, 6.07) is 5.31. The smallest absolute Gasteiger partial charge is 0.408 e. The lowest BCUT2D eigenvalue weighted by molar-refractivity contribution is -0.123. The van der Waals surface area contributed by atoms with Gasteiger partial charge < -0.3 is 35.1 Å². The largest absolute Gasteiger partial charge is 0.483 e. The van der Waals surface area contributed by atoms with E-state index in [9.17, 15) is 19.2 Å². The van der Waals surface area contributed by atoms with Crippen LogP contribution in [0.2, 0.25) is 0 Å². The van der Waals surface area contributed by atoms with Crippen molar-refractivity contribution >= 4 is 46.8 Å². The van der Waals surface area contributed by atoms with E-state index >= 15 is 0 Å². The van der Waals surface area contributed by atoms with Crippen molar-refractivity contribution in [3.05, 3.63) is 46.3 Å². The Morgan fingerprint density at radius 3 is 2.47 bits per heavy atom. The number of aryl methyl sites for hydroxylation is 2. The highest BCUT2D eigenvalue weighted by molar-refractivity contribution is 7.17. The first-order chi connectivity index (χ1) is 20.3. The van der Waals surface area contributed by atoms with Crippen LogP contribution >= 0.6 is 11.3 Å². The number of aromatic nitrogens is 3. The standard InChI is InChI=1S/C26H32N6O7S.CH2O2/c1-7-11-37-23(35)19-14(2)28-24(40-19)31-22(34)18(30-25(36)38-26(4,5)6)13-27-21(33)17-10-8-9-16(12-17)20-29-15(3)39-32-20;2-1-3/h8-10,12,18H,7,11,13H2,1-6H3,(H,27,33)(H,30,36)(H,28,31,34);1H,(H,2,3)/t18-;/m0./s1. The molecule has 3 aromatic rings. The summed E-state index contributed by atoms with van der Waals surface area (Å²) in [6.45, 7) is 9.93. The number of hydrogen-bond donors (Lipinski definition) is 4. The first kappa shape index (κ1) is 34.3. The van der Waals surface area contributed by atoms with Crippen molar-refractivity contribution in [1.82, 2.24) is 25.8 Å². The van der Waals surface area contributed by atoms with E-state index in [1.165, 1.54) is 0 Å². The van der Waals surface area contributed by atoms with Crippen molar-refractivity contribution in [1.29, 1.82) is 0 Å². The van der Waals surface area contributed by atoms with Crippen molar-refractivity contribution in [2.75, 3.05) is 18.5 Å². The number of benzene rings is 1. The highest BCUT2D eigenvalue weighted by atomic mass is 32.1. The highest BCUT2D eigenvalue weighted by Crippen LogP contribution is 2.24. The molecule has 0 saturated heterocycles. The lowest BCUT2D eigenvalue weighted by Crippen LogP contribution is -2.51. The highest BCUT2D eigenvalue weighted by Gasteiger charge is 2.27. The number of thiazole rings is 1. The second kappa shape index (κ2) is 16.0. The number of carbonyl (C=O) groups excluding carboxylic acids is 4. The molecule has 16 heteroatoms. The number of alkyl carbamates (subject to hydrolysis) is 1. The Balaban J connectivity index is 0.00000206. The number of nitrogens with one attached hydrogen (secondary N) is 3. The minimum Gasteiger partial charge on any atom is -0.483 e. The van der Waals surface area contributed by atoms with Crippen LogP contribution in [-0.2, 0) is 19.1 Å². The molecule has 0 bridgehead atoms. The Labute approximate surface area is 251 Å². The molecule has 0 spiro atoms. The van der Waals surface area contributed by atoms with Gasteiger partial charge in [-0.1, -0.05) is 35.5 Å². The SMILES string of the molecule is CCCOC(=O)c1sc(NC(=O)[C@H](CNC(=O)c2cccc(-c3noc(C)n3)c2)NC(=O)OC(C)(C)C)nc1C.O=CO. The summed E-state index contributed by atoms with van der Waals surface area (Å²) in [6.07, 6.45) is -0.187. The molecule has 4 N–H and O–H groups in total. The van der Waals surface area contributed by atoms with Crippen molar-refractivity contribution in [3.8, 4) is 11.4 Å². The Morgan fingerprint density at radius 2 is 1.86 bits per heavy atom. The van der Waals surface area contributed by atoms with Crippen LogP contribution in [0.25, 0.3) is 11.4 Å². The molecule has 1 atom stereocenters. The van der Waals surface area contributed by atoms with Crippen molar-refractivity contribution in [2.45, 2.75) is 59.6 Å². The van der Waals surface area contributed by atoms with Gasteiger partial charge in [-0.3, -0.25) is 14.4 Å². The zero-order chi connectivity index (χ0) is 32.2. The number of carbonyl (C=O) groups is 5. The first-order valence-electron chi connectivity index (χ1n) is 13.0. The van der Waals surface area contributed by atoms with E-state index < -0.39 is 35.5 Å². The van der Waals surface area contributed by atoms with Crippen LogP contribution in [0.4, 0.5) is 9.93 Å². The van der Waals surface area contributed by atoms with Crippen LogP contribution in [0, 0.1) is 13.8 Å². The maximum Gasteiger partial charge on any atom is 0.408 e. The average molecular weight is 619 g/mol. The van der Waals surface area contributed by atoms with E-state index in [1.807, 2.05) is 6.92 Å². The summed E-state index contributed by atoms with van der Waals surface area (Å²) in [5.41, 5.74) is 0.422. The van der Waals surface area contributed by atoms with Crippen molar-refractivity contribution < 1.29 is 43.1 Å². The monoisotopic (exact) mass is 618 g/mol. The predicted octanol–water partition coefficient (Wildman–Crippen LogP) is 3.34. The molecule has 0 aliphatic rings. The van der Waals surface area contributed by atoms with Gasteiger partial charge in [0.2, 0.25) is 11.7 Å². The van der Waals surface area contributed by atoms with Gasteiger partial charge >= 0.3 is 12.1 Å². The Kier molecular flexibility index (Phi) is 12.7. The molecule has 3 rings (SSSR count). The number of ether oxygens (including phenoxy) is 2. The molecular formula is C27H34N6O9S. The van der Waals surface area contributed by atoms with Gasteiger partial charge in [-0.25, -0.2) is 14.6 Å². The van der Waals surface area contributed by atoms with Crippen LogP contribution in [0.1, 0.15) is 65.7 Å². The maximum atomic E-state index is 13.2. The van der Waals surface area contributed by atoms with Gasteiger partial charge in [-0.05, 0) is 46.2 Å². The van der Waals surface area contributed by atoms with E-state index in [-0.39, 0.29) is 35.2 Å². The maximum absolute atomic E-state index is 13.2. The van der Waals surface area contributed by atoms with Gasteiger partial charge in [0, 0.05) is 24.6 Å². The van der Waals surface area contributed by atoms with E-state index in [2.05, 4.69) is 31.1 Å². The zero-order valence-electron chi connectivity index (χ0n) is 24.5. The van der Waals surface area contributed by atoms with Gasteiger partial charge in [-0.15, -0.1) is 0 Å². The fourth-order valence-corrected chi connectivity index (χ4v) is 4.13. The summed E-state index contributed by atoms with van der Waals surface area (Å²) < 4.78 is 15.4. The number of rotatable bonds is 10. The molecule has 0 aliphatic carbocycles. The fraction of sp³-hybridized carbons (Fsp3) is 0.407. The van der Waals surface area contributed by atoms with Gasteiger partial charge in [-0.2, -0.15) is 4.98 Å².